The highest BCUT2D eigenvalue weighted by Gasteiger charge is 2.15. The van der Waals surface area contributed by atoms with Gasteiger partial charge in [-0.05, 0) is 24.3 Å². The molecule has 22 heavy (non-hydrogen) atoms. The van der Waals surface area contributed by atoms with Gasteiger partial charge >= 0.3 is 5.97 Å². The largest absolute Gasteiger partial charge is 0.478 e. The Morgan fingerprint density at radius 3 is 2.27 bits per heavy atom. The van der Waals surface area contributed by atoms with E-state index in [9.17, 15) is 14.4 Å². The number of carboxylic acid groups (broad SMARTS) is 1. The SMILES string of the molecule is O=C(CC(=O)c1ccc(Br)cc1)Nc1ccccc1C(=O)O. The van der Waals surface area contributed by atoms with Crippen LogP contribution >= 0.6 is 15.9 Å². The van der Waals surface area contributed by atoms with E-state index in [-0.39, 0.29) is 23.5 Å². The average molecular weight is 362 g/mol. The lowest BCUT2D eigenvalue weighted by Crippen LogP contribution is -2.18. The molecule has 0 unspecified atom stereocenters. The van der Waals surface area contributed by atoms with E-state index in [1.165, 1.54) is 12.1 Å². The van der Waals surface area contributed by atoms with Crippen LogP contribution in [0, 0.1) is 0 Å². The van der Waals surface area contributed by atoms with Crippen LogP contribution in [0.15, 0.2) is 53.0 Å². The lowest BCUT2D eigenvalue weighted by atomic mass is 10.1. The van der Waals surface area contributed by atoms with Crippen molar-refractivity contribution in [1.29, 1.82) is 0 Å². The third-order valence-corrected chi connectivity index (χ3v) is 3.45. The quantitative estimate of drug-likeness (QED) is 0.631. The third-order valence-electron chi connectivity index (χ3n) is 2.92. The van der Waals surface area contributed by atoms with Crippen LogP contribution in [0.3, 0.4) is 0 Å². The van der Waals surface area contributed by atoms with E-state index in [2.05, 4.69) is 21.2 Å². The highest BCUT2D eigenvalue weighted by molar-refractivity contribution is 9.10. The van der Waals surface area contributed by atoms with Gasteiger partial charge in [0.2, 0.25) is 5.91 Å². The Morgan fingerprint density at radius 2 is 1.64 bits per heavy atom. The number of nitrogens with one attached hydrogen (secondary N) is 1. The van der Waals surface area contributed by atoms with Crippen molar-refractivity contribution < 1.29 is 19.5 Å². The van der Waals surface area contributed by atoms with Crippen LogP contribution in [0.25, 0.3) is 0 Å². The highest BCUT2D eigenvalue weighted by Crippen LogP contribution is 2.16. The first kappa shape index (κ1) is 15.9. The Labute approximate surface area is 135 Å². The average Bonchev–Trinajstić information content (AvgIpc) is 2.48. The second-order valence-electron chi connectivity index (χ2n) is 4.51. The van der Waals surface area contributed by atoms with Crippen molar-refractivity contribution in [3.63, 3.8) is 0 Å². The van der Waals surface area contributed by atoms with Gasteiger partial charge in [-0.2, -0.15) is 0 Å². The van der Waals surface area contributed by atoms with E-state index in [0.29, 0.717) is 5.56 Å². The van der Waals surface area contributed by atoms with Gasteiger partial charge < -0.3 is 10.4 Å². The lowest BCUT2D eigenvalue weighted by Gasteiger charge is -2.08. The van der Waals surface area contributed by atoms with Crippen molar-refractivity contribution in [2.24, 2.45) is 0 Å². The molecule has 0 aromatic heterocycles. The summed E-state index contributed by atoms with van der Waals surface area (Å²) in [6.07, 6.45) is -0.352. The number of carbonyl (C=O) groups is 3. The molecule has 0 aliphatic carbocycles. The van der Waals surface area contributed by atoms with E-state index < -0.39 is 11.9 Å². The van der Waals surface area contributed by atoms with Crippen molar-refractivity contribution in [2.45, 2.75) is 6.42 Å². The molecule has 0 saturated carbocycles. The van der Waals surface area contributed by atoms with Crippen molar-refractivity contribution >= 4 is 39.3 Å². The molecule has 2 aromatic rings. The predicted octanol–water partition coefficient (Wildman–Crippen LogP) is 3.36. The summed E-state index contributed by atoms with van der Waals surface area (Å²) < 4.78 is 0.837. The van der Waals surface area contributed by atoms with Crippen LogP contribution < -0.4 is 5.32 Å². The standard InChI is InChI=1S/C16H12BrNO4/c17-11-7-5-10(6-8-11)14(19)9-15(20)18-13-4-2-1-3-12(13)16(21)22/h1-8H,9H2,(H,18,20)(H,21,22). The minimum absolute atomic E-state index is 0.0214. The summed E-state index contributed by atoms with van der Waals surface area (Å²) in [5.74, 6) is -2.03. The van der Waals surface area contributed by atoms with Gasteiger partial charge in [0.25, 0.3) is 0 Å². The summed E-state index contributed by atoms with van der Waals surface area (Å²) in [4.78, 5) is 34.9. The van der Waals surface area contributed by atoms with Gasteiger partial charge in [-0.25, -0.2) is 4.79 Å². The smallest absolute Gasteiger partial charge is 0.337 e. The van der Waals surface area contributed by atoms with E-state index in [4.69, 9.17) is 5.11 Å². The number of rotatable bonds is 5. The van der Waals surface area contributed by atoms with Gasteiger partial charge in [0.15, 0.2) is 5.78 Å². The second-order valence-corrected chi connectivity index (χ2v) is 5.42. The van der Waals surface area contributed by atoms with Crippen LogP contribution in [0.2, 0.25) is 0 Å². The number of anilines is 1. The molecule has 2 aromatic carbocycles. The molecule has 1 amide bonds. The van der Waals surface area contributed by atoms with E-state index >= 15 is 0 Å². The molecule has 0 saturated heterocycles. The molecule has 0 bridgehead atoms. The first-order valence-electron chi connectivity index (χ1n) is 6.38. The number of para-hydroxylation sites is 1. The fourth-order valence-electron chi connectivity index (χ4n) is 1.86. The number of carbonyl (C=O) groups excluding carboxylic acids is 2. The second kappa shape index (κ2) is 7.00. The fourth-order valence-corrected chi connectivity index (χ4v) is 2.12. The number of amides is 1. The zero-order valence-electron chi connectivity index (χ0n) is 11.4. The highest BCUT2D eigenvalue weighted by atomic mass is 79.9. The molecule has 2 N–H and O–H groups in total. The Bertz CT molecular complexity index is 725. The summed E-state index contributed by atoms with van der Waals surface area (Å²) in [6, 6.07) is 12.7. The third kappa shape index (κ3) is 4.02. The summed E-state index contributed by atoms with van der Waals surface area (Å²) in [7, 11) is 0. The molecule has 0 spiro atoms. The van der Waals surface area contributed by atoms with Gasteiger partial charge in [0.05, 0.1) is 17.7 Å². The van der Waals surface area contributed by atoms with Crippen molar-refractivity contribution in [2.75, 3.05) is 5.32 Å². The van der Waals surface area contributed by atoms with Gasteiger partial charge in [-0.15, -0.1) is 0 Å². The first-order valence-corrected chi connectivity index (χ1v) is 7.17. The van der Waals surface area contributed by atoms with E-state index in [1.54, 1.807) is 36.4 Å². The topological polar surface area (TPSA) is 83.5 Å². The van der Waals surface area contributed by atoms with Crippen LogP contribution in [0.1, 0.15) is 27.1 Å². The first-order chi connectivity index (χ1) is 10.5. The molecule has 0 fully saturated rings. The molecule has 5 nitrogen and oxygen atoms in total. The van der Waals surface area contributed by atoms with Crippen molar-refractivity contribution in [3.05, 3.63) is 64.1 Å². The van der Waals surface area contributed by atoms with Gasteiger partial charge in [-0.1, -0.05) is 40.2 Å². The maximum atomic E-state index is 12.0. The summed E-state index contributed by atoms with van der Waals surface area (Å²) in [6.45, 7) is 0. The number of hydrogen-bond acceptors (Lipinski definition) is 3. The Hall–Kier alpha value is -2.47. The molecule has 2 rings (SSSR count). The summed E-state index contributed by atoms with van der Waals surface area (Å²) in [5.41, 5.74) is 0.570. The number of halogens is 1. The van der Waals surface area contributed by atoms with Gasteiger partial charge in [0, 0.05) is 10.0 Å². The van der Waals surface area contributed by atoms with Crippen molar-refractivity contribution in [3.8, 4) is 0 Å². The van der Waals surface area contributed by atoms with Gasteiger partial charge in [-0.3, -0.25) is 9.59 Å². The fraction of sp³-hybridized carbons (Fsp3) is 0.0625. The number of aromatic carboxylic acids is 1. The summed E-state index contributed by atoms with van der Waals surface area (Å²) >= 11 is 3.26. The molecule has 0 heterocycles. The molecule has 6 heteroatoms. The van der Waals surface area contributed by atoms with Crippen LogP contribution in [-0.4, -0.2) is 22.8 Å². The summed E-state index contributed by atoms with van der Waals surface area (Å²) in [5, 5.41) is 11.5. The minimum Gasteiger partial charge on any atom is -0.478 e. The molecule has 0 aliphatic rings. The molecule has 0 radical (unpaired) electrons. The number of Topliss-reactive ketones (excluding diaryl/α,β-unsaturated/α-hetero) is 1. The van der Waals surface area contributed by atoms with Crippen LogP contribution in [-0.2, 0) is 4.79 Å². The molecule has 0 aliphatic heterocycles. The Balaban J connectivity index is 2.06. The maximum Gasteiger partial charge on any atom is 0.337 e. The molecular formula is C16H12BrNO4. The van der Waals surface area contributed by atoms with Crippen LogP contribution in [0.4, 0.5) is 5.69 Å². The lowest BCUT2D eigenvalue weighted by molar-refractivity contribution is -0.115. The Kier molecular flexibility index (Phi) is 5.06. The number of benzene rings is 2. The predicted molar refractivity (Wildman–Crippen MR) is 85.1 cm³/mol. The zero-order chi connectivity index (χ0) is 16.1. The normalized spacial score (nSPS) is 10.0. The van der Waals surface area contributed by atoms with Gasteiger partial charge in [0.1, 0.15) is 0 Å². The number of ketones is 1. The van der Waals surface area contributed by atoms with E-state index in [1.807, 2.05) is 0 Å². The molecule has 0 atom stereocenters. The zero-order valence-corrected chi connectivity index (χ0v) is 13.0. The molecular weight excluding hydrogens is 350 g/mol. The maximum absolute atomic E-state index is 12.0. The Morgan fingerprint density at radius 1 is 1.00 bits per heavy atom. The number of hydrogen-bond donors (Lipinski definition) is 2. The molecule has 112 valence electrons. The number of carboxylic acids is 1. The minimum atomic E-state index is -1.14. The van der Waals surface area contributed by atoms with Crippen LogP contribution in [0.5, 0.6) is 0 Å². The van der Waals surface area contributed by atoms with Crippen molar-refractivity contribution in [1.82, 2.24) is 0 Å². The van der Waals surface area contributed by atoms with E-state index in [0.717, 1.165) is 4.47 Å². The monoisotopic (exact) mass is 361 g/mol.